The molecule has 3 aromatic heterocycles. The van der Waals surface area contributed by atoms with Gasteiger partial charge in [0.1, 0.15) is 37.0 Å². The van der Waals surface area contributed by atoms with Gasteiger partial charge in [0.25, 0.3) is 11.8 Å². The molecule has 4 N–H and O–H groups in total. The van der Waals surface area contributed by atoms with E-state index in [2.05, 4.69) is 0 Å². The fourth-order valence-corrected chi connectivity index (χ4v) is 15.9. The fourth-order valence-electron chi connectivity index (χ4n) is 15.9. The Balaban J connectivity index is 0.000000187. The topological polar surface area (TPSA) is 305 Å². The van der Waals surface area contributed by atoms with Crippen molar-refractivity contribution in [3.8, 4) is 17.2 Å². The van der Waals surface area contributed by atoms with E-state index in [9.17, 15) is 71.3 Å². The molecule has 5 aromatic carbocycles. The number of aldehydes is 1. The molecule has 7 aliphatic rings. The first-order valence-electron chi connectivity index (χ1n) is 38.6. The van der Waals surface area contributed by atoms with Gasteiger partial charge in [0.2, 0.25) is 16.3 Å². The maximum Gasteiger partial charge on any atom is 0.358 e. The van der Waals surface area contributed by atoms with Crippen LogP contribution in [0.15, 0.2) is 166 Å². The lowest BCUT2D eigenvalue weighted by molar-refractivity contribution is -0.108. The van der Waals surface area contributed by atoms with Gasteiger partial charge in [-0.1, -0.05) is 170 Å². The van der Waals surface area contributed by atoms with Crippen LogP contribution in [0.4, 0.5) is 13.2 Å². The van der Waals surface area contributed by atoms with E-state index in [0.717, 1.165) is 118 Å². The van der Waals surface area contributed by atoms with Crippen molar-refractivity contribution in [2.24, 2.45) is 5.73 Å². The first-order chi connectivity index (χ1) is 54.5. The molecule has 3 saturated carbocycles. The number of halogens is 3. The molecule has 2 unspecified atom stereocenters. The number of aromatic nitrogens is 3. The molecular weight excluding hydrogens is 1490 g/mol. The van der Waals surface area contributed by atoms with Crippen LogP contribution in [0.2, 0.25) is 0 Å². The number of amides is 2. The number of nitrogens with two attached hydrogens (primary N) is 1. The van der Waals surface area contributed by atoms with E-state index in [4.69, 9.17) is 29.4 Å². The molecule has 0 radical (unpaired) electrons. The first-order valence-corrected chi connectivity index (χ1v) is 38.6. The van der Waals surface area contributed by atoms with Gasteiger partial charge in [0, 0.05) is 44.4 Å². The summed E-state index contributed by atoms with van der Waals surface area (Å²) in [6.07, 6.45) is 20.2. The predicted octanol–water partition coefficient (Wildman–Crippen LogP) is 13.7. The number of hydrogen-bond acceptors (Lipinski definition) is 18. The van der Waals surface area contributed by atoms with Crippen LogP contribution in [0.5, 0.6) is 17.2 Å². The minimum absolute atomic E-state index is 0. The van der Waals surface area contributed by atoms with Crippen molar-refractivity contribution in [1.82, 2.24) is 23.5 Å². The van der Waals surface area contributed by atoms with Crippen molar-refractivity contribution in [3.63, 3.8) is 0 Å². The van der Waals surface area contributed by atoms with Crippen molar-refractivity contribution in [2.45, 2.75) is 212 Å². The number of carbonyl (C=O) groups excluding carboxylic acids is 7. The Bertz CT molecular complexity index is 4960. The van der Waals surface area contributed by atoms with Crippen LogP contribution in [0, 0.1) is 24.9 Å². The fraction of sp³-hybridized carbons (Fsp3) is 0.411. The SMILES string of the molecule is C.C.COC(=O)c1c(OCc2ccccc2)c(=O)c(C(=O)CCc2ccc(F)cc2)cn1CC=O.NCC1(O)CCCCC1.O=C(CCc1ccc(F)cc1)c1cn2c(c(O)c1=O)C(=O)N1CC3(CCCCC3)OC1C2.O=C(CCc1ccc(F)cc1)c1cn2c(c(OCc3ccccc3)c1=O)C(=O)N1CC3(CCCCC3)OC1C2.[CH3-]. The van der Waals surface area contributed by atoms with Crippen molar-refractivity contribution in [2.75, 3.05) is 26.7 Å². The number of Topliss-reactive ketones (excluding diaryl/α,β-unsaturated/α-hetero) is 3. The van der Waals surface area contributed by atoms with E-state index in [0.29, 0.717) is 45.3 Å². The number of rotatable bonds is 22. The number of nitrogens with zero attached hydrogens (tertiary/aromatic N) is 5. The van der Waals surface area contributed by atoms with E-state index in [1.807, 2.05) is 36.4 Å². The third kappa shape index (κ3) is 21.0. The summed E-state index contributed by atoms with van der Waals surface area (Å²) >= 11 is 0. The van der Waals surface area contributed by atoms with Crippen LogP contribution >= 0.6 is 0 Å². The van der Waals surface area contributed by atoms with Gasteiger partial charge < -0.3 is 75.4 Å². The van der Waals surface area contributed by atoms with Gasteiger partial charge in [0.15, 0.2) is 64.1 Å². The lowest BCUT2D eigenvalue weighted by Gasteiger charge is -2.32. The number of esters is 1. The Morgan fingerprint density at radius 2 is 0.879 bits per heavy atom. The smallest absolute Gasteiger partial charge is 0.358 e. The molecule has 2 saturated heterocycles. The molecule has 3 aliphatic carbocycles. The molecule has 2 spiro atoms. The Labute approximate surface area is 673 Å². The second-order valence-corrected chi connectivity index (χ2v) is 30.0. The van der Waals surface area contributed by atoms with E-state index in [1.165, 1.54) is 77.0 Å². The summed E-state index contributed by atoms with van der Waals surface area (Å²) in [4.78, 5) is 132. The van der Waals surface area contributed by atoms with Gasteiger partial charge in [-0.3, -0.25) is 38.4 Å². The molecule has 4 aliphatic heterocycles. The predicted molar refractivity (Wildman–Crippen MR) is 430 cm³/mol. The van der Waals surface area contributed by atoms with Crippen molar-refractivity contribution in [1.29, 1.82) is 0 Å². The third-order valence-electron chi connectivity index (χ3n) is 22.1. The monoisotopic (exact) mass is 1600 g/mol. The highest BCUT2D eigenvalue weighted by Gasteiger charge is 2.52. The molecular formula is C90H104F3N6O17-. The third-order valence-corrected chi connectivity index (χ3v) is 22.1. The normalized spacial score (nSPS) is 17.5. The molecule has 7 heterocycles. The van der Waals surface area contributed by atoms with E-state index in [1.54, 1.807) is 75.0 Å². The van der Waals surface area contributed by atoms with Gasteiger partial charge in [-0.25, -0.2) is 18.0 Å². The van der Waals surface area contributed by atoms with Gasteiger partial charge in [-0.15, -0.1) is 0 Å². The summed E-state index contributed by atoms with van der Waals surface area (Å²) in [5.41, 5.74) is 5.32. The van der Waals surface area contributed by atoms with Crippen LogP contribution in [0.3, 0.4) is 0 Å². The number of aryl methyl sites for hydroxylation is 3. The molecule has 2 amide bonds. The molecule has 0 bridgehead atoms. The quantitative estimate of drug-likeness (QED) is 0.0246. The number of aromatic hydroxyl groups is 1. The molecule has 5 fully saturated rings. The molecule has 2 atom stereocenters. The average molecular weight is 1600 g/mol. The minimum Gasteiger partial charge on any atom is -0.503 e. The number of pyridine rings is 3. The lowest BCUT2D eigenvalue weighted by atomic mass is 9.85. The summed E-state index contributed by atoms with van der Waals surface area (Å²) in [6, 6.07) is 35.8. The second kappa shape index (κ2) is 40.1. The Morgan fingerprint density at radius 1 is 0.509 bits per heavy atom. The second-order valence-electron chi connectivity index (χ2n) is 30.0. The highest BCUT2D eigenvalue weighted by atomic mass is 19.1. The molecule has 15 rings (SSSR count). The average Bonchev–Trinajstić information content (AvgIpc) is 1.56. The number of ether oxygens (including phenoxy) is 5. The van der Waals surface area contributed by atoms with Crippen molar-refractivity contribution in [3.05, 3.63) is 269 Å². The zero-order valence-electron chi connectivity index (χ0n) is 64.1. The van der Waals surface area contributed by atoms with Crippen molar-refractivity contribution >= 4 is 41.4 Å². The van der Waals surface area contributed by atoms with Crippen molar-refractivity contribution < 1.29 is 80.6 Å². The highest BCUT2D eigenvalue weighted by Crippen LogP contribution is 2.44. The highest BCUT2D eigenvalue weighted by molar-refractivity contribution is 6.02. The lowest BCUT2D eigenvalue weighted by Crippen LogP contribution is -2.46. The zero-order chi connectivity index (χ0) is 80.0. The molecule has 23 nitrogen and oxygen atoms in total. The Morgan fingerprint density at radius 3 is 1.28 bits per heavy atom. The number of fused-ring (bicyclic) bond motifs is 4. The summed E-state index contributed by atoms with van der Waals surface area (Å²) < 4.78 is 73.1. The van der Waals surface area contributed by atoms with Gasteiger partial charge >= 0.3 is 5.97 Å². The van der Waals surface area contributed by atoms with Crippen LogP contribution in [0.1, 0.15) is 221 Å². The maximum atomic E-state index is 13.8. The molecule has 26 heteroatoms. The summed E-state index contributed by atoms with van der Waals surface area (Å²) in [6.45, 7) is 1.75. The van der Waals surface area contributed by atoms with Crippen LogP contribution in [-0.2, 0) is 71.1 Å². The maximum absolute atomic E-state index is 13.8. The largest absolute Gasteiger partial charge is 0.503 e. The molecule has 618 valence electrons. The van der Waals surface area contributed by atoms with Gasteiger partial charge in [-0.2, -0.15) is 0 Å². The summed E-state index contributed by atoms with van der Waals surface area (Å²) in [5, 5.41) is 20.1. The van der Waals surface area contributed by atoms with E-state index >= 15 is 0 Å². The summed E-state index contributed by atoms with van der Waals surface area (Å²) in [7, 11) is 1.14. The number of aliphatic hydroxyl groups is 1. The Hall–Kier alpha value is -10.9. The molecule has 116 heavy (non-hydrogen) atoms. The molecule has 8 aromatic rings. The van der Waals surface area contributed by atoms with Gasteiger partial charge in [0.05, 0.1) is 73.3 Å². The summed E-state index contributed by atoms with van der Waals surface area (Å²) in [5.74, 6) is -5.14. The van der Waals surface area contributed by atoms with Crippen LogP contribution in [-0.4, -0.2) is 131 Å². The number of hydrogen-bond donors (Lipinski definition) is 3. The number of methoxy groups -OCH3 is 1. The van der Waals surface area contributed by atoms with Crippen LogP contribution in [0.25, 0.3) is 0 Å². The standard InChI is InChI=1S/C31H31FN2O5.C25H22FNO6.C24H25FN2O5.C7H15NO.2CH4.CH3/c32-23-12-9-21(10-13-23)11-14-25(35)24-17-33-18-26-34(20-31(39-26)15-5-2-6-16-31)30(37)27(33)29(28(24)36)38-19-22-7-3-1-4-8-22;1-32-25(31)22-24(33-16-18-5-3-2-4-6-18)23(30)20(15-27(22)13-14-28)21(29)12-9-17-7-10-19(26)11-8-17;25-16-7-4-15(5-8-16)6-9-18(28)17-12-26-13-19-27(23(31)20(26)22(30)21(17)29)14-24(32-19)10-2-1-3-11-24;8-6-7(9)4-2-1-3-5-7;;;/h1,3-4,7-10,12-13,17,26H,2,5-6,11,14-16,18-20H2;2-8,10-11,14-15H,9,12-13,16H2,1H3;4-5,7-8,12,19,30H,1-3,6,9-11,13-14H2;9H,1-6,8H2;2*1H4;1H3/q;;;;;;-1. The van der Waals surface area contributed by atoms with Crippen LogP contribution < -0.4 is 31.5 Å². The van der Waals surface area contributed by atoms with Gasteiger partial charge in [-0.05, 0) is 122 Å². The first kappa shape index (κ1) is 89.0. The zero-order valence-corrected chi connectivity index (χ0v) is 64.1. The number of ketones is 3. The number of carbonyl (C=O) groups is 7. The Kier molecular flexibility index (Phi) is 30.8. The number of benzene rings is 5. The van der Waals surface area contributed by atoms with E-state index in [-0.39, 0.29) is 160 Å². The van der Waals surface area contributed by atoms with E-state index < -0.39 is 63.5 Å². The minimum atomic E-state index is -0.873.